The molecule has 4 aromatic rings. The van der Waals surface area contributed by atoms with Crippen molar-refractivity contribution >= 4 is 39.3 Å². The second-order valence-corrected chi connectivity index (χ2v) is 9.59. The number of ether oxygens (including phenoxy) is 1. The van der Waals surface area contributed by atoms with Crippen molar-refractivity contribution in [3.63, 3.8) is 0 Å². The van der Waals surface area contributed by atoms with Crippen molar-refractivity contribution in [2.45, 2.75) is 38.5 Å². The van der Waals surface area contributed by atoms with Crippen LogP contribution in [0.15, 0.2) is 70.6 Å². The van der Waals surface area contributed by atoms with Crippen molar-refractivity contribution in [3.05, 3.63) is 75.9 Å². The van der Waals surface area contributed by atoms with Gasteiger partial charge in [0.15, 0.2) is 5.16 Å². The Kier molecular flexibility index (Phi) is 6.77. The van der Waals surface area contributed by atoms with Crippen LogP contribution in [0.2, 0.25) is 0 Å². The minimum absolute atomic E-state index is 0.0883. The van der Waals surface area contributed by atoms with Gasteiger partial charge < -0.3 is 4.74 Å². The number of thiophene rings is 1. The lowest BCUT2D eigenvalue weighted by molar-refractivity contribution is -0.144. The summed E-state index contributed by atoms with van der Waals surface area (Å²) < 4.78 is 6.99. The normalized spacial score (nSPS) is 12.1. The number of hydrogen-bond donors (Lipinski definition) is 0. The van der Waals surface area contributed by atoms with E-state index in [0.29, 0.717) is 21.1 Å². The zero-order valence-electron chi connectivity index (χ0n) is 18.2. The molecule has 32 heavy (non-hydrogen) atoms. The number of thioether (sulfide) groups is 1. The van der Waals surface area contributed by atoms with Crippen LogP contribution in [0.4, 0.5) is 0 Å². The summed E-state index contributed by atoms with van der Waals surface area (Å²) in [7, 11) is 0. The fourth-order valence-electron chi connectivity index (χ4n) is 3.46. The van der Waals surface area contributed by atoms with Gasteiger partial charge in [0, 0.05) is 10.4 Å². The predicted molar refractivity (Wildman–Crippen MR) is 132 cm³/mol. The van der Waals surface area contributed by atoms with Crippen LogP contribution in [0.5, 0.6) is 0 Å². The van der Waals surface area contributed by atoms with Crippen LogP contribution < -0.4 is 5.56 Å². The number of para-hydroxylation sites is 1. The van der Waals surface area contributed by atoms with Crippen molar-refractivity contribution in [1.29, 1.82) is 0 Å². The average molecular weight is 465 g/mol. The van der Waals surface area contributed by atoms with Gasteiger partial charge in [-0.05, 0) is 38.0 Å². The van der Waals surface area contributed by atoms with Crippen LogP contribution in [0.25, 0.3) is 27.0 Å². The molecule has 0 aliphatic carbocycles. The minimum atomic E-state index is -0.314. The molecule has 0 aliphatic heterocycles. The van der Waals surface area contributed by atoms with E-state index < -0.39 is 0 Å². The average Bonchev–Trinajstić information content (AvgIpc) is 3.14. The van der Waals surface area contributed by atoms with Gasteiger partial charge in [0.2, 0.25) is 0 Å². The lowest BCUT2D eigenvalue weighted by atomic mass is 10.0. The molecular formula is C25H24N2O3S2. The van der Waals surface area contributed by atoms with Gasteiger partial charge in [-0.15, -0.1) is 11.3 Å². The van der Waals surface area contributed by atoms with Gasteiger partial charge in [-0.1, -0.05) is 67.2 Å². The first-order valence-electron chi connectivity index (χ1n) is 10.5. The zero-order valence-corrected chi connectivity index (χ0v) is 19.8. The first-order chi connectivity index (χ1) is 15.5. The van der Waals surface area contributed by atoms with E-state index in [2.05, 4.69) is 0 Å². The Hall–Kier alpha value is -2.90. The summed E-state index contributed by atoms with van der Waals surface area (Å²) in [4.78, 5) is 32.6. The quantitative estimate of drug-likeness (QED) is 0.195. The van der Waals surface area contributed by atoms with Gasteiger partial charge in [-0.3, -0.25) is 14.2 Å². The van der Waals surface area contributed by atoms with Crippen molar-refractivity contribution < 1.29 is 9.53 Å². The fourth-order valence-corrected chi connectivity index (χ4v) is 5.34. The van der Waals surface area contributed by atoms with E-state index in [-0.39, 0.29) is 23.4 Å². The number of rotatable bonds is 7. The van der Waals surface area contributed by atoms with E-state index in [4.69, 9.17) is 9.72 Å². The Morgan fingerprint density at radius 2 is 1.78 bits per heavy atom. The lowest BCUT2D eigenvalue weighted by Crippen LogP contribution is -2.22. The van der Waals surface area contributed by atoms with Gasteiger partial charge in [-0.25, -0.2) is 4.98 Å². The summed E-state index contributed by atoms with van der Waals surface area (Å²) >= 11 is 2.73. The Morgan fingerprint density at radius 1 is 1.12 bits per heavy atom. The van der Waals surface area contributed by atoms with E-state index in [0.717, 1.165) is 22.4 Å². The highest BCUT2D eigenvalue weighted by molar-refractivity contribution is 7.99. The van der Waals surface area contributed by atoms with Gasteiger partial charge in [0.25, 0.3) is 5.56 Å². The fraction of sp³-hybridized carbons (Fsp3) is 0.240. The topological polar surface area (TPSA) is 61.2 Å². The molecule has 7 heteroatoms. The molecule has 1 atom stereocenters. The molecule has 4 rings (SSSR count). The third-order valence-electron chi connectivity index (χ3n) is 5.17. The number of aryl methyl sites for hydroxylation is 1. The highest BCUT2D eigenvalue weighted by Gasteiger charge is 2.21. The van der Waals surface area contributed by atoms with Gasteiger partial charge >= 0.3 is 5.97 Å². The summed E-state index contributed by atoms with van der Waals surface area (Å²) in [5, 5.41) is 1.09. The van der Waals surface area contributed by atoms with Crippen molar-refractivity contribution in [2.24, 2.45) is 0 Å². The number of carbonyl (C=O) groups excluding carboxylic acids is 1. The maximum Gasteiger partial charge on any atom is 0.316 e. The van der Waals surface area contributed by atoms with Gasteiger partial charge in [0.1, 0.15) is 4.83 Å². The maximum atomic E-state index is 13.8. The molecule has 0 spiro atoms. The second-order valence-electron chi connectivity index (χ2n) is 7.45. The summed E-state index contributed by atoms with van der Waals surface area (Å²) in [5.74, 6) is -0.226. The molecule has 0 saturated carbocycles. The largest absolute Gasteiger partial charge is 0.462 e. The van der Waals surface area contributed by atoms with Crippen molar-refractivity contribution in [2.75, 3.05) is 5.75 Å². The number of nitrogens with zero attached hydrogens (tertiary/aromatic N) is 2. The summed E-state index contributed by atoms with van der Waals surface area (Å²) in [6.07, 6.45) is 0.620. The molecule has 1 unspecified atom stereocenters. The Morgan fingerprint density at radius 3 is 2.44 bits per heavy atom. The SMILES string of the molecule is CCC(C)OC(=O)CSc1nc2sc(C)c(-c3ccccc3)c2c(=O)n1-c1ccccc1. The Labute approximate surface area is 195 Å². The van der Waals surface area contributed by atoms with Gasteiger partial charge in [0.05, 0.1) is 22.9 Å². The number of hydrogen-bond acceptors (Lipinski definition) is 6. The molecule has 0 bridgehead atoms. The molecule has 0 radical (unpaired) electrons. The molecule has 0 N–H and O–H groups in total. The number of esters is 1. The number of aromatic nitrogens is 2. The first kappa shape index (κ1) is 22.3. The first-order valence-corrected chi connectivity index (χ1v) is 12.3. The Balaban J connectivity index is 1.85. The molecule has 0 amide bonds. The highest BCUT2D eigenvalue weighted by atomic mass is 32.2. The summed E-state index contributed by atoms with van der Waals surface area (Å²) in [6, 6.07) is 19.3. The molecule has 164 valence electrons. The summed E-state index contributed by atoms with van der Waals surface area (Å²) in [6.45, 7) is 5.85. The van der Waals surface area contributed by atoms with Crippen LogP contribution in [0.3, 0.4) is 0 Å². The minimum Gasteiger partial charge on any atom is -0.462 e. The van der Waals surface area contributed by atoms with E-state index in [1.165, 1.54) is 23.1 Å². The number of fused-ring (bicyclic) bond motifs is 1. The molecular weight excluding hydrogens is 440 g/mol. The molecule has 5 nitrogen and oxygen atoms in total. The molecule has 2 heterocycles. The predicted octanol–water partition coefficient (Wildman–Crippen LogP) is 5.86. The third-order valence-corrected chi connectivity index (χ3v) is 7.09. The van der Waals surface area contributed by atoms with Crippen LogP contribution in [0, 0.1) is 6.92 Å². The molecule has 0 fully saturated rings. The van der Waals surface area contributed by atoms with Crippen LogP contribution in [-0.4, -0.2) is 27.4 Å². The lowest BCUT2D eigenvalue weighted by Gasteiger charge is -2.14. The molecule has 0 aliphatic rings. The molecule has 0 saturated heterocycles. The van der Waals surface area contributed by atoms with Crippen LogP contribution in [0.1, 0.15) is 25.1 Å². The smallest absolute Gasteiger partial charge is 0.316 e. The summed E-state index contributed by atoms with van der Waals surface area (Å²) in [5.41, 5.74) is 2.49. The monoisotopic (exact) mass is 464 g/mol. The van der Waals surface area contributed by atoms with Gasteiger partial charge in [-0.2, -0.15) is 0 Å². The van der Waals surface area contributed by atoms with Crippen LogP contribution >= 0.6 is 23.1 Å². The van der Waals surface area contributed by atoms with E-state index in [1.54, 1.807) is 4.57 Å². The highest BCUT2D eigenvalue weighted by Crippen LogP contribution is 2.36. The maximum absolute atomic E-state index is 13.8. The van der Waals surface area contributed by atoms with E-state index in [9.17, 15) is 9.59 Å². The molecule has 2 aromatic carbocycles. The van der Waals surface area contributed by atoms with E-state index >= 15 is 0 Å². The second kappa shape index (κ2) is 9.71. The number of carbonyl (C=O) groups is 1. The zero-order chi connectivity index (χ0) is 22.7. The van der Waals surface area contributed by atoms with Crippen molar-refractivity contribution in [3.8, 4) is 16.8 Å². The van der Waals surface area contributed by atoms with Crippen molar-refractivity contribution in [1.82, 2.24) is 9.55 Å². The van der Waals surface area contributed by atoms with E-state index in [1.807, 2.05) is 81.4 Å². The third kappa shape index (κ3) is 4.49. The molecule has 2 aromatic heterocycles. The standard InChI is InChI=1S/C25H24N2O3S2/c1-4-16(2)30-20(28)15-31-25-26-23-22(24(29)27(25)19-13-9-6-10-14-19)21(17(3)32-23)18-11-7-5-8-12-18/h5-14,16H,4,15H2,1-3H3. The van der Waals surface area contributed by atoms with Crippen LogP contribution in [-0.2, 0) is 9.53 Å². The number of benzene rings is 2. The Bertz CT molecular complexity index is 1300.